The van der Waals surface area contributed by atoms with Gasteiger partial charge in [-0.25, -0.2) is 0 Å². The third-order valence-corrected chi connectivity index (χ3v) is 3.48. The van der Waals surface area contributed by atoms with Crippen LogP contribution in [0.1, 0.15) is 40.5 Å². The van der Waals surface area contributed by atoms with Crippen LogP contribution in [-0.4, -0.2) is 19.3 Å². The zero-order valence-corrected chi connectivity index (χ0v) is 11.8. The van der Waals surface area contributed by atoms with Crippen LogP contribution in [0.3, 0.4) is 0 Å². The molecule has 100 valence electrons. The van der Waals surface area contributed by atoms with Crippen LogP contribution in [0.25, 0.3) is 0 Å². The van der Waals surface area contributed by atoms with Gasteiger partial charge in [-0.05, 0) is 32.7 Å². The normalized spacial score (nSPS) is 17.6. The molecule has 0 aliphatic rings. The van der Waals surface area contributed by atoms with Gasteiger partial charge in [0.05, 0.1) is 6.67 Å². The van der Waals surface area contributed by atoms with Gasteiger partial charge in [0.1, 0.15) is 0 Å². The molecule has 0 heterocycles. The van der Waals surface area contributed by atoms with Crippen LogP contribution in [0.4, 0.5) is 4.39 Å². The molecule has 0 spiro atoms. The van der Waals surface area contributed by atoms with Gasteiger partial charge in [0.25, 0.3) is 0 Å². The van der Waals surface area contributed by atoms with E-state index in [1.807, 2.05) is 26.0 Å². The van der Waals surface area contributed by atoms with E-state index >= 15 is 0 Å². The molecule has 0 saturated heterocycles. The maximum atomic E-state index is 13.0. The molecule has 3 unspecified atom stereocenters. The molecule has 0 aromatic carbocycles. The highest BCUT2D eigenvalue weighted by Crippen LogP contribution is 2.20. The Labute approximate surface area is 106 Å². The quantitative estimate of drug-likeness (QED) is 0.599. The lowest BCUT2D eigenvalue weighted by molar-refractivity contribution is 0.297. The average molecular weight is 241 g/mol. The lowest BCUT2D eigenvalue weighted by Gasteiger charge is -2.24. The summed E-state index contributed by atoms with van der Waals surface area (Å²) in [6.07, 6.45) is 6.19. The van der Waals surface area contributed by atoms with Crippen LogP contribution in [-0.2, 0) is 0 Å². The molecular weight excluding hydrogens is 213 g/mol. The maximum absolute atomic E-state index is 13.0. The molecule has 0 saturated carbocycles. The molecule has 0 amide bonds. The number of hydrogen-bond donors (Lipinski definition) is 1. The minimum absolute atomic E-state index is 0.0413. The minimum Gasteiger partial charge on any atom is -0.310 e. The molecule has 0 aromatic heterocycles. The zero-order chi connectivity index (χ0) is 13.3. The number of halogens is 1. The van der Waals surface area contributed by atoms with Gasteiger partial charge in [0.15, 0.2) is 0 Å². The Balaban J connectivity index is 4.22. The molecule has 0 aliphatic carbocycles. The largest absolute Gasteiger partial charge is 0.310 e. The van der Waals surface area contributed by atoms with Crippen molar-refractivity contribution >= 4 is 0 Å². The van der Waals surface area contributed by atoms with E-state index in [-0.39, 0.29) is 12.6 Å². The summed E-state index contributed by atoms with van der Waals surface area (Å²) in [5.74, 6) is 0.357. The number of allylic oxidation sites excluding steroid dienone is 2. The summed E-state index contributed by atoms with van der Waals surface area (Å²) in [6, 6.07) is 0.355. The monoisotopic (exact) mass is 241 g/mol. The summed E-state index contributed by atoms with van der Waals surface area (Å²) in [5, 5.41) is 3.45. The topological polar surface area (TPSA) is 12.0 Å². The first-order valence-corrected chi connectivity index (χ1v) is 6.65. The van der Waals surface area contributed by atoms with Crippen LogP contribution in [0.15, 0.2) is 24.3 Å². The smallest absolute Gasteiger partial charge is 0.0962 e. The van der Waals surface area contributed by atoms with Crippen LogP contribution in [0, 0.1) is 11.8 Å². The first-order chi connectivity index (χ1) is 8.10. The highest BCUT2D eigenvalue weighted by atomic mass is 19.1. The van der Waals surface area contributed by atoms with Gasteiger partial charge in [0.2, 0.25) is 0 Å². The molecule has 0 aliphatic heterocycles. The Hall–Kier alpha value is -0.630. The van der Waals surface area contributed by atoms with Gasteiger partial charge >= 0.3 is 0 Å². The Kier molecular flexibility index (Phi) is 9.06. The summed E-state index contributed by atoms with van der Waals surface area (Å²) in [5.41, 5.74) is 1.15. The van der Waals surface area contributed by atoms with Crippen molar-refractivity contribution in [3.63, 3.8) is 0 Å². The summed E-state index contributed by atoms with van der Waals surface area (Å²) in [6.45, 7) is 12.7. The molecule has 0 aromatic rings. The number of alkyl halides is 1. The van der Waals surface area contributed by atoms with E-state index in [2.05, 4.69) is 25.7 Å². The van der Waals surface area contributed by atoms with Crippen molar-refractivity contribution in [1.82, 2.24) is 5.32 Å². The van der Waals surface area contributed by atoms with E-state index in [1.165, 1.54) is 0 Å². The number of rotatable bonds is 9. The summed E-state index contributed by atoms with van der Waals surface area (Å²) >= 11 is 0. The Morgan fingerprint density at radius 3 is 2.53 bits per heavy atom. The van der Waals surface area contributed by atoms with Gasteiger partial charge in [-0.1, -0.05) is 38.0 Å². The van der Waals surface area contributed by atoms with Crippen molar-refractivity contribution in [3.05, 3.63) is 24.3 Å². The molecule has 1 N–H and O–H groups in total. The Bertz CT molecular complexity index is 235. The van der Waals surface area contributed by atoms with E-state index in [9.17, 15) is 4.39 Å². The van der Waals surface area contributed by atoms with Crippen molar-refractivity contribution in [2.75, 3.05) is 13.2 Å². The lowest BCUT2D eigenvalue weighted by atomic mass is 9.88. The van der Waals surface area contributed by atoms with Crippen molar-refractivity contribution in [2.45, 2.75) is 46.6 Å². The molecule has 0 fully saturated rings. The predicted molar refractivity (Wildman–Crippen MR) is 75.0 cm³/mol. The van der Waals surface area contributed by atoms with Crippen LogP contribution < -0.4 is 5.32 Å². The highest BCUT2D eigenvalue weighted by molar-refractivity contribution is 5.04. The van der Waals surface area contributed by atoms with E-state index < -0.39 is 0 Å². The van der Waals surface area contributed by atoms with Crippen LogP contribution >= 0.6 is 0 Å². The summed E-state index contributed by atoms with van der Waals surface area (Å²) in [4.78, 5) is 0. The zero-order valence-electron chi connectivity index (χ0n) is 11.8. The van der Waals surface area contributed by atoms with Gasteiger partial charge in [-0.15, -0.1) is 6.58 Å². The summed E-state index contributed by atoms with van der Waals surface area (Å²) in [7, 11) is 0. The standard InChI is InChI=1S/C15H28FN/c1-6-9-14(8-3)17-11-13(5)15(10-16)12(4)7-2/h7-8,13-15,17H,3,6,9-11H2,1-2,4-5H3/b12-7+. The second-order valence-corrected chi connectivity index (χ2v) is 4.81. The van der Waals surface area contributed by atoms with Crippen molar-refractivity contribution in [2.24, 2.45) is 11.8 Å². The third kappa shape index (κ3) is 6.02. The van der Waals surface area contributed by atoms with Gasteiger partial charge in [-0.3, -0.25) is 4.39 Å². The second kappa shape index (κ2) is 9.41. The number of hydrogen-bond acceptors (Lipinski definition) is 1. The van der Waals surface area contributed by atoms with Gasteiger partial charge in [0, 0.05) is 12.0 Å². The SMILES string of the molecule is C=CC(CCC)NCC(C)C(CF)/C(C)=C/C. The molecule has 3 atom stereocenters. The molecule has 0 radical (unpaired) electrons. The molecule has 0 bridgehead atoms. The minimum atomic E-state index is -0.272. The van der Waals surface area contributed by atoms with E-state index in [1.54, 1.807) is 0 Å². The van der Waals surface area contributed by atoms with Crippen molar-refractivity contribution in [1.29, 1.82) is 0 Å². The molecule has 17 heavy (non-hydrogen) atoms. The third-order valence-electron chi connectivity index (χ3n) is 3.48. The fourth-order valence-electron chi connectivity index (χ4n) is 2.03. The average Bonchev–Trinajstić information content (AvgIpc) is 2.34. The molecule has 2 heteroatoms. The van der Waals surface area contributed by atoms with Gasteiger partial charge < -0.3 is 5.32 Å². The van der Waals surface area contributed by atoms with E-state index in [4.69, 9.17) is 0 Å². The fraction of sp³-hybridized carbons (Fsp3) is 0.733. The van der Waals surface area contributed by atoms with E-state index in [0.717, 1.165) is 25.0 Å². The Morgan fingerprint density at radius 2 is 2.12 bits per heavy atom. The second-order valence-electron chi connectivity index (χ2n) is 4.81. The molecule has 0 rings (SSSR count). The predicted octanol–water partition coefficient (Wildman–Crippen LogP) is 4.12. The number of nitrogens with one attached hydrogen (secondary N) is 1. The van der Waals surface area contributed by atoms with Crippen LogP contribution in [0.2, 0.25) is 0 Å². The van der Waals surface area contributed by atoms with E-state index in [0.29, 0.717) is 12.0 Å². The fourth-order valence-corrected chi connectivity index (χ4v) is 2.03. The first kappa shape index (κ1) is 16.4. The molecular formula is C15H28FN. The highest BCUT2D eigenvalue weighted by Gasteiger charge is 2.19. The Morgan fingerprint density at radius 1 is 1.47 bits per heavy atom. The molecule has 1 nitrogen and oxygen atoms in total. The lowest BCUT2D eigenvalue weighted by Crippen LogP contribution is -2.34. The first-order valence-electron chi connectivity index (χ1n) is 6.65. The van der Waals surface area contributed by atoms with Crippen molar-refractivity contribution < 1.29 is 4.39 Å². The van der Waals surface area contributed by atoms with Crippen molar-refractivity contribution in [3.8, 4) is 0 Å². The maximum Gasteiger partial charge on any atom is 0.0962 e. The summed E-state index contributed by atoms with van der Waals surface area (Å²) < 4.78 is 13.0. The van der Waals surface area contributed by atoms with Crippen LogP contribution in [0.5, 0.6) is 0 Å². The van der Waals surface area contributed by atoms with Gasteiger partial charge in [-0.2, -0.15) is 0 Å².